The molecule has 0 unspecified atom stereocenters. The maximum absolute atomic E-state index is 12.3. The third-order valence-corrected chi connectivity index (χ3v) is 3.84. The second-order valence-electron chi connectivity index (χ2n) is 6.63. The number of nitrogens with one attached hydrogen (secondary N) is 1. The lowest BCUT2D eigenvalue weighted by Gasteiger charge is -2.25. The summed E-state index contributed by atoms with van der Waals surface area (Å²) in [5, 5.41) is 7.42. The first-order valence-electron chi connectivity index (χ1n) is 8.33. The van der Waals surface area contributed by atoms with Gasteiger partial charge in [-0.2, -0.15) is 4.98 Å². The number of carbonyl (C=O) groups is 1. The van der Waals surface area contributed by atoms with Crippen molar-refractivity contribution in [1.29, 1.82) is 0 Å². The number of carbonyl (C=O) groups excluding carboxylic acids is 1. The van der Waals surface area contributed by atoms with Gasteiger partial charge in [0, 0.05) is 23.9 Å². The van der Waals surface area contributed by atoms with Crippen LogP contribution in [0.4, 0.5) is 0 Å². The first kappa shape index (κ1) is 19.2. The van der Waals surface area contributed by atoms with Crippen molar-refractivity contribution < 1.29 is 14.1 Å². The molecular formula is C18H24ClN3O3. The minimum absolute atomic E-state index is 0.184. The van der Waals surface area contributed by atoms with Gasteiger partial charge in [0.1, 0.15) is 5.75 Å². The van der Waals surface area contributed by atoms with Crippen LogP contribution < -0.4 is 10.1 Å². The molecule has 136 valence electrons. The molecule has 1 aromatic heterocycles. The van der Waals surface area contributed by atoms with Gasteiger partial charge in [0.05, 0.1) is 0 Å². The predicted molar refractivity (Wildman–Crippen MR) is 95.9 cm³/mol. The highest BCUT2D eigenvalue weighted by Crippen LogP contribution is 2.21. The fraction of sp³-hybridized carbons (Fsp3) is 0.500. The number of hydrogen-bond donors (Lipinski definition) is 1. The van der Waals surface area contributed by atoms with Crippen molar-refractivity contribution in [3.63, 3.8) is 0 Å². The van der Waals surface area contributed by atoms with Gasteiger partial charge in [0.25, 0.3) is 5.91 Å². The maximum Gasteiger partial charge on any atom is 0.263 e. The van der Waals surface area contributed by atoms with E-state index in [1.807, 2.05) is 13.8 Å². The third kappa shape index (κ3) is 5.74. The Morgan fingerprint density at radius 3 is 2.60 bits per heavy atom. The van der Waals surface area contributed by atoms with Crippen LogP contribution in [0.3, 0.4) is 0 Å². The highest BCUT2D eigenvalue weighted by molar-refractivity contribution is 6.30. The van der Waals surface area contributed by atoms with Crippen LogP contribution in [0.15, 0.2) is 28.8 Å². The van der Waals surface area contributed by atoms with Crippen LogP contribution in [0.5, 0.6) is 5.75 Å². The molecule has 6 nitrogen and oxygen atoms in total. The molecule has 0 radical (unpaired) electrons. The van der Waals surface area contributed by atoms with E-state index in [4.69, 9.17) is 20.9 Å². The minimum atomic E-state index is -0.983. The van der Waals surface area contributed by atoms with Crippen molar-refractivity contribution in [3.8, 4) is 5.75 Å². The van der Waals surface area contributed by atoms with Crippen molar-refractivity contribution in [1.82, 2.24) is 15.5 Å². The highest BCUT2D eigenvalue weighted by Gasteiger charge is 2.29. The van der Waals surface area contributed by atoms with E-state index in [9.17, 15) is 4.79 Å². The normalized spacial score (nSPS) is 11.6. The molecule has 0 spiro atoms. The Morgan fingerprint density at radius 1 is 1.32 bits per heavy atom. The van der Waals surface area contributed by atoms with Gasteiger partial charge in [-0.25, -0.2) is 0 Å². The van der Waals surface area contributed by atoms with Gasteiger partial charge in [-0.15, -0.1) is 0 Å². The lowest BCUT2D eigenvalue weighted by Crippen LogP contribution is -2.46. The zero-order valence-corrected chi connectivity index (χ0v) is 15.8. The number of halogens is 1. The van der Waals surface area contributed by atoms with Gasteiger partial charge >= 0.3 is 0 Å². The molecule has 1 amide bonds. The van der Waals surface area contributed by atoms with Gasteiger partial charge in [0.2, 0.25) is 5.89 Å². The molecule has 7 heteroatoms. The number of aryl methyl sites for hydroxylation is 1. The average Bonchev–Trinajstić information content (AvgIpc) is 3.02. The quantitative estimate of drug-likeness (QED) is 0.721. The van der Waals surface area contributed by atoms with Crippen LogP contribution >= 0.6 is 11.6 Å². The second kappa shape index (κ2) is 8.34. The summed E-state index contributed by atoms with van der Waals surface area (Å²) in [6.45, 7) is 7.98. The van der Waals surface area contributed by atoms with Crippen LogP contribution in [0.25, 0.3) is 0 Å². The summed E-state index contributed by atoms with van der Waals surface area (Å²) in [5.74, 6) is 1.95. The number of ether oxygens (including phenoxy) is 1. The average molecular weight is 366 g/mol. The van der Waals surface area contributed by atoms with Crippen LogP contribution in [-0.2, 0) is 11.2 Å². The summed E-state index contributed by atoms with van der Waals surface area (Å²) in [6.07, 6.45) is 1.33. The van der Waals surface area contributed by atoms with Crippen LogP contribution in [0.1, 0.15) is 51.7 Å². The van der Waals surface area contributed by atoms with E-state index in [-0.39, 0.29) is 11.8 Å². The second-order valence-corrected chi connectivity index (χ2v) is 7.06. The monoisotopic (exact) mass is 365 g/mol. The van der Waals surface area contributed by atoms with Gasteiger partial charge in [-0.1, -0.05) is 30.6 Å². The number of nitrogens with zero attached hydrogens (tertiary/aromatic N) is 2. The number of amides is 1. The Bertz CT molecular complexity index is 696. The molecule has 2 rings (SSSR count). The summed E-state index contributed by atoms with van der Waals surface area (Å²) in [7, 11) is 0. The Balaban J connectivity index is 1.77. The van der Waals surface area contributed by atoms with Crippen molar-refractivity contribution in [2.45, 2.75) is 52.1 Å². The largest absolute Gasteiger partial charge is 0.478 e. The number of rotatable bonds is 8. The van der Waals surface area contributed by atoms with Crippen molar-refractivity contribution in [2.24, 2.45) is 0 Å². The number of aromatic nitrogens is 2. The van der Waals surface area contributed by atoms with Crippen molar-refractivity contribution >= 4 is 17.5 Å². The molecule has 0 aliphatic heterocycles. The van der Waals surface area contributed by atoms with E-state index in [1.165, 1.54) is 0 Å². The fourth-order valence-electron chi connectivity index (χ4n) is 2.10. The van der Waals surface area contributed by atoms with E-state index in [1.54, 1.807) is 38.1 Å². The Morgan fingerprint density at radius 2 is 2.00 bits per heavy atom. The Labute approximate surface area is 152 Å². The molecule has 1 heterocycles. The van der Waals surface area contributed by atoms with E-state index in [2.05, 4.69) is 15.5 Å². The van der Waals surface area contributed by atoms with Gasteiger partial charge in [-0.3, -0.25) is 4.79 Å². The lowest BCUT2D eigenvalue weighted by atomic mass is 10.1. The highest BCUT2D eigenvalue weighted by atomic mass is 35.5. The third-order valence-electron chi connectivity index (χ3n) is 3.59. The summed E-state index contributed by atoms with van der Waals surface area (Å²) < 4.78 is 10.9. The van der Waals surface area contributed by atoms with Crippen molar-refractivity contribution in [2.75, 3.05) is 6.54 Å². The molecule has 2 aromatic rings. The molecule has 25 heavy (non-hydrogen) atoms. The summed E-state index contributed by atoms with van der Waals surface area (Å²) in [4.78, 5) is 16.6. The van der Waals surface area contributed by atoms with Crippen LogP contribution in [0.2, 0.25) is 5.02 Å². The first-order chi connectivity index (χ1) is 11.8. The van der Waals surface area contributed by atoms with E-state index < -0.39 is 5.60 Å². The lowest BCUT2D eigenvalue weighted by molar-refractivity contribution is -0.134. The molecule has 0 aliphatic carbocycles. The molecule has 1 N–H and O–H groups in total. The molecule has 0 fully saturated rings. The Hall–Kier alpha value is -2.08. The SMILES string of the molecule is CC(C)c1noc(CCCNC(=O)C(C)(C)Oc2ccc(Cl)cc2)n1. The number of benzene rings is 1. The van der Waals surface area contributed by atoms with Gasteiger partial charge in [0.15, 0.2) is 11.4 Å². The molecule has 0 saturated heterocycles. The number of hydrogen-bond acceptors (Lipinski definition) is 5. The molecule has 0 aliphatic rings. The van der Waals surface area contributed by atoms with Crippen LogP contribution in [0, 0.1) is 0 Å². The molecular weight excluding hydrogens is 342 g/mol. The molecule has 1 aromatic carbocycles. The topological polar surface area (TPSA) is 77.2 Å². The minimum Gasteiger partial charge on any atom is -0.478 e. The first-order valence-corrected chi connectivity index (χ1v) is 8.71. The maximum atomic E-state index is 12.3. The van der Waals surface area contributed by atoms with E-state index in [0.29, 0.717) is 41.9 Å². The predicted octanol–water partition coefficient (Wildman–Crippen LogP) is 3.75. The van der Waals surface area contributed by atoms with E-state index >= 15 is 0 Å². The summed E-state index contributed by atoms with van der Waals surface area (Å²) in [6, 6.07) is 6.92. The fourth-order valence-corrected chi connectivity index (χ4v) is 2.23. The van der Waals surface area contributed by atoms with Crippen molar-refractivity contribution in [3.05, 3.63) is 41.0 Å². The van der Waals surface area contributed by atoms with Gasteiger partial charge in [-0.05, 0) is 44.5 Å². The van der Waals surface area contributed by atoms with Gasteiger partial charge < -0.3 is 14.6 Å². The summed E-state index contributed by atoms with van der Waals surface area (Å²) in [5.41, 5.74) is -0.983. The zero-order chi connectivity index (χ0) is 18.4. The molecule has 0 saturated carbocycles. The Kier molecular flexibility index (Phi) is 6.42. The molecule has 0 bridgehead atoms. The zero-order valence-electron chi connectivity index (χ0n) is 15.0. The smallest absolute Gasteiger partial charge is 0.263 e. The molecule has 0 atom stereocenters. The summed E-state index contributed by atoms with van der Waals surface area (Å²) >= 11 is 5.85. The van der Waals surface area contributed by atoms with Crippen LogP contribution in [-0.4, -0.2) is 28.2 Å². The van der Waals surface area contributed by atoms with E-state index in [0.717, 1.165) is 0 Å². The standard InChI is InChI=1S/C18H24ClN3O3/c1-12(2)16-21-15(25-22-16)6-5-11-20-17(23)18(3,4)24-14-9-7-13(19)8-10-14/h7-10,12H,5-6,11H2,1-4H3,(H,20,23).